The number of hydrogen-bond donors (Lipinski definition) is 2. The van der Waals surface area contributed by atoms with E-state index in [-0.39, 0.29) is 17.6 Å². The minimum Gasteiger partial charge on any atom is -0.369 e. The van der Waals surface area contributed by atoms with E-state index in [1.807, 2.05) is 13.8 Å². The molecule has 2 N–H and O–H groups in total. The van der Waals surface area contributed by atoms with E-state index in [1.165, 1.54) is 0 Å². The monoisotopic (exact) mass is 288 g/mol. The molecule has 2 heterocycles. The Morgan fingerprint density at radius 1 is 1.33 bits per heavy atom. The van der Waals surface area contributed by atoms with Crippen LogP contribution in [-0.4, -0.2) is 32.4 Å². The van der Waals surface area contributed by atoms with Crippen molar-refractivity contribution >= 4 is 17.4 Å². The Balaban J connectivity index is 1.99. The predicted octanol–water partition coefficient (Wildman–Crippen LogP) is 2.33. The minimum absolute atomic E-state index is 0.249. The largest absolute Gasteiger partial charge is 0.369 e. The molecule has 7 nitrogen and oxygen atoms in total. The van der Waals surface area contributed by atoms with Gasteiger partial charge in [0.15, 0.2) is 5.69 Å². The first-order valence-corrected chi connectivity index (χ1v) is 7.03. The van der Waals surface area contributed by atoms with E-state index in [0.29, 0.717) is 11.5 Å². The maximum Gasteiger partial charge on any atom is 0.276 e. The van der Waals surface area contributed by atoms with Gasteiger partial charge in [0.05, 0.1) is 11.9 Å². The summed E-state index contributed by atoms with van der Waals surface area (Å²) in [5.74, 6) is 0.369. The van der Waals surface area contributed by atoms with Gasteiger partial charge in [-0.15, -0.1) is 10.2 Å². The van der Waals surface area contributed by atoms with Gasteiger partial charge >= 0.3 is 0 Å². The van der Waals surface area contributed by atoms with E-state index in [2.05, 4.69) is 32.9 Å². The Kier molecular flexibility index (Phi) is 4.86. The number of hydrogen-bond acceptors (Lipinski definition) is 5. The first kappa shape index (κ1) is 15.0. The molecule has 112 valence electrons. The van der Waals surface area contributed by atoms with Crippen LogP contribution in [0.25, 0.3) is 0 Å². The third kappa shape index (κ3) is 4.01. The highest BCUT2D eigenvalue weighted by Gasteiger charge is 2.10. The van der Waals surface area contributed by atoms with Crippen LogP contribution in [0.5, 0.6) is 0 Å². The zero-order valence-corrected chi connectivity index (χ0v) is 12.5. The molecule has 0 unspecified atom stereocenters. The standard InChI is InChI=1S/C14H20N6O/c1-4-7-15-13-6-5-12(18-19-13)14(21)17-11-8-16-20(9-11)10(2)3/h5-6,8-10H,4,7H2,1-3H3,(H,15,19)(H,17,21). The van der Waals surface area contributed by atoms with Gasteiger partial charge in [0.2, 0.25) is 0 Å². The van der Waals surface area contributed by atoms with Crippen molar-refractivity contribution in [2.75, 3.05) is 17.2 Å². The SMILES string of the molecule is CCCNc1ccc(C(=O)Nc2cnn(C(C)C)c2)nn1. The van der Waals surface area contributed by atoms with Crippen molar-refractivity contribution in [3.05, 3.63) is 30.2 Å². The fraction of sp³-hybridized carbons (Fsp3) is 0.429. The van der Waals surface area contributed by atoms with E-state index in [0.717, 1.165) is 13.0 Å². The molecular weight excluding hydrogens is 268 g/mol. The van der Waals surface area contributed by atoms with Crippen LogP contribution in [-0.2, 0) is 0 Å². The number of nitrogens with zero attached hydrogens (tertiary/aromatic N) is 4. The number of anilines is 2. The Bertz CT molecular complexity index is 590. The summed E-state index contributed by atoms with van der Waals surface area (Å²) in [4.78, 5) is 12.0. The molecule has 0 spiro atoms. The van der Waals surface area contributed by atoms with Gasteiger partial charge in [-0.3, -0.25) is 9.48 Å². The number of nitrogens with one attached hydrogen (secondary N) is 2. The topological polar surface area (TPSA) is 84.7 Å². The molecule has 2 rings (SSSR count). The van der Waals surface area contributed by atoms with E-state index in [1.54, 1.807) is 29.2 Å². The summed E-state index contributed by atoms with van der Waals surface area (Å²) in [7, 11) is 0. The highest BCUT2D eigenvalue weighted by atomic mass is 16.1. The molecule has 0 radical (unpaired) electrons. The molecule has 0 saturated carbocycles. The van der Waals surface area contributed by atoms with Crippen LogP contribution < -0.4 is 10.6 Å². The number of carbonyl (C=O) groups is 1. The minimum atomic E-state index is -0.298. The lowest BCUT2D eigenvalue weighted by Gasteiger charge is -2.05. The molecule has 0 atom stereocenters. The zero-order chi connectivity index (χ0) is 15.2. The molecule has 0 aromatic carbocycles. The van der Waals surface area contributed by atoms with E-state index >= 15 is 0 Å². The van der Waals surface area contributed by atoms with E-state index in [9.17, 15) is 4.79 Å². The Morgan fingerprint density at radius 2 is 2.14 bits per heavy atom. The van der Waals surface area contributed by atoms with Gasteiger partial charge in [0, 0.05) is 18.8 Å². The molecule has 2 aromatic heterocycles. The zero-order valence-electron chi connectivity index (χ0n) is 12.5. The number of carbonyl (C=O) groups excluding carboxylic acids is 1. The summed E-state index contributed by atoms with van der Waals surface area (Å²) in [6.07, 6.45) is 4.40. The fourth-order valence-electron chi connectivity index (χ4n) is 1.68. The second kappa shape index (κ2) is 6.83. The number of rotatable bonds is 6. The number of aromatic nitrogens is 4. The third-order valence-corrected chi connectivity index (χ3v) is 2.84. The van der Waals surface area contributed by atoms with Crippen LogP contribution in [0.1, 0.15) is 43.7 Å². The molecule has 7 heteroatoms. The molecule has 0 bridgehead atoms. The molecular formula is C14H20N6O. The lowest BCUT2D eigenvalue weighted by atomic mass is 10.3. The van der Waals surface area contributed by atoms with Crippen molar-refractivity contribution in [1.82, 2.24) is 20.0 Å². The van der Waals surface area contributed by atoms with Crippen LogP contribution in [0.3, 0.4) is 0 Å². The van der Waals surface area contributed by atoms with E-state index in [4.69, 9.17) is 0 Å². The Labute approximate surface area is 123 Å². The van der Waals surface area contributed by atoms with Crippen molar-refractivity contribution in [1.29, 1.82) is 0 Å². The summed E-state index contributed by atoms with van der Waals surface area (Å²) in [5.41, 5.74) is 0.915. The molecule has 0 aliphatic carbocycles. The average Bonchev–Trinajstić information content (AvgIpc) is 2.94. The molecule has 0 aliphatic heterocycles. The highest BCUT2D eigenvalue weighted by Crippen LogP contribution is 2.11. The molecule has 0 fully saturated rings. The van der Waals surface area contributed by atoms with Crippen LogP contribution in [0.4, 0.5) is 11.5 Å². The van der Waals surface area contributed by atoms with Gasteiger partial charge in [-0.05, 0) is 32.4 Å². The van der Waals surface area contributed by atoms with Crippen molar-refractivity contribution in [2.45, 2.75) is 33.2 Å². The predicted molar refractivity (Wildman–Crippen MR) is 81.4 cm³/mol. The second-order valence-corrected chi connectivity index (χ2v) is 4.99. The maximum absolute atomic E-state index is 12.0. The summed E-state index contributed by atoms with van der Waals surface area (Å²) in [6.45, 7) is 6.94. The first-order chi connectivity index (χ1) is 10.1. The summed E-state index contributed by atoms with van der Waals surface area (Å²) < 4.78 is 1.78. The van der Waals surface area contributed by atoms with Gasteiger partial charge in [0.25, 0.3) is 5.91 Å². The van der Waals surface area contributed by atoms with Crippen LogP contribution in [0.15, 0.2) is 24.5 Å². The maximum atomic E-state index is 12.0. The van der Waals surface area contributed by atoms with Crippen LogP contribution in [0, 0.1) is 0 Å². The lowest BCUT2D eigenvalue weighted by Crippen LogP contribution is -2.14. The normalized spacial score (nSPS) is 10.7. The third-order valence-electron chi connectivity index (χ3n) is 2.84. The van der Waals surface area contributed by atoms with Crippen molar-refractivity contribution < 1.29 is 4.79 Å². The van der Waals surface area contributed by atoms with Gasteiger partial charge < -0.3 is 10.6 Å². The molecule has 2 aromatic rings. The molecule has 0 aliphatic rings. The average molecular weight is 288 g/mol. The van der Waals surface area contributed by atoms with Gasteiger partial charge in [-0.25, -0.2) is 0 Å². The van der Waals surface area contributed by atoms with Crippen molar-refractivity contribution in [3.63, 3.8) is 0 Å². The summed E-state index contributed by atoms with van der Waals surface area (Å²) >= 11 is 0. The first-order valence-electron chi connectivity index (χ1n) is 7.03. The molecule has 1 amide bonds. The molecule has 0 saturated heterocycles. The number of amides is 1. The second-order valence-electron chi connectivity index (χ2n) is 4.99. The fourth-order valence-corrected chi connectivity index (χ4v) is 1.68. The lowest BCUT2D eigenvalue weighted by molar-refractivity contribution is 0.102. The van der Waals surface area contributed by atoms with E-state index < -0.39 is 0 Å². The van der Waals surface area contributed by atoms with Crippen LogP contribution >= 0.6 is 0 Å². The quantitative estimate of drug-likeness (QED) is 0.852. The Morgan fingerprint density at radius 3 is 2.71 bits per heavy atom. The van der Waals surface area contributed by atoms with Crippen molar-refractivity contribution in [3.8, 4) is 0 Å². The van der Waals surface area contributed by atoms with Gasteiger partial charge in [-0.2, -0.15) is 5.10 Å². The van der Waals surface area contributed by atoms with Gasteiger partial charge in [0.1, 0.15) is 5.82 Å². The van der Waals surface area contributed by atoms with Crippen molar-refractivity contribution in [2.24, 2.45) is 0 Å². The summed E-state index contributed by atoms with van der Waals surface area (Å²) in [6, 6.07) is 3.64. The Hall–Kier alpha value is -2.44. The molecule has 21 heavy (non-hydrogen) atoms. The smallest absolute Gasteiger partial charge is 0.276 e. The summed E-state index contributed by atoms with van der Waals surface area (Å²) in [5, 5.41) is 17.9. The highest BCUT2D eigenvalue weighted by molar-refractivity contribution is 6.02. The van der Waals surface area contributed by atoms with Gasteiger partial charge in [-0.1, -0.05) is 6.92 Å². The van der Waals surface area contributed by atoms with Crippen LogP contribution in [0.2, 0.25) is 0 Å².